The predicted molar refractivity (Wildman–Crippen MR) is 85.2 cm³/mol. The fourth-order valence-corrected chi connectivity index (χ4v) is 1.88. The van der Waals surface area contributed by atoms with Crippen LogP contribution in [0.25, 0.3) is 0 Å². The number of aliphatic hydroxyl groups is 1. The van der Waals surface area contributed by atoms with Crippen molar-refractivity contribution in [1.29, 1.82) is 0 Å². The molecule has 0 spiro atoms. The molecule has 1 nitrogen and oxygen atoms in total. The Labute approximate surface area is 131 Å². The van der Waals surface area contributed by atoms with Crippen molar-refractivity contribution < 1.29 is 14.7 Å². The molecule has 0 amide bonds. The lowest BCUT2D eigenvalue weighted by Gasteiger charge is -1.98. The molecule has 0 bridgehead atoms. The topological polar surface area (TPSA) is 20.2 Å². The smallest absolute Gasteiger partial charge is 0.0431 e. The van der Waals surface area contributed by atoms with Crippen LogP contribution in [0.2, 0.25) is 0 Å². The first-order valence-electron chi connectivity index (χ1n) is 11.1. The first-order valence-corrected chi connectivity index (χ1v) is 7.63. The number of hydrogen-bond acceptors (Lipinski definition) is 1. The van der Waals surface area contributed by atoms with E-state index in [1.165, 1.54) is 19.3 Å². The van der Waals surface area contributed by atoms with E-state index in [-0.39, 0.29) is 13.0 Å². The maximum absolute atomic E-state index is 8.67. The molecule has 0 aromatic carbocycles. The van der Waals surface area contributed by atoms with Gasteiger partial charge >= 0.3 is 0 Å². The van der Waals surface area contributed by atoms with Gasteiger partial charge in [0.2, 0.25) is 0 Å². The average Bonchev–Trinajstić information content (AvgIpc) is 2.54. The zero-order valence-electron chi connectivity index (χ0n) is 19.1. The van der Waals surface area contributed by atoms with Gasteiger partial charge in [0.15, 0.2) is 0 Å². The molecule has 0 aliphatic heterocycles. The Bertz CT molecular complexity index is 421. The molecule has 0 aromatic heterocycles. The summed E-state index contributed by atoms with van der Waals surface area (Å²) in [5.41, 5.74) is 0. The van der Waals surface area contributed by atoms with E-state index in [0.717, 1.165) is 44.9 Å². The fourth-order valence-electron chi connectivity index (χ4n) is 1.88. The summed E-state index contributed by atoms with van der Waals surface area (Å²) in [6.45, 7) is -2.68. The molecular weight excluding hydrogens is 232 g/mol. The minimum Gasteiger partial charge on any atom is -0.396 e. The van der Waals surface area contributed by atoms with Gasteiger partial charge in [-0.1, -0.05) is 64.5 Å². The molecule has 112 valence electrons. The summed E-state index contributed by atoms with van der Waals surface area (Å²) in [5.74, 6) is 6.25. The van der Waals surface area contributed by atoms with Crippen molar-refractivity contribution in [2.24, 2.45) is 0 Å². The second-order valence-corrected chi connectivity index (χ2v) is 4.81. The Kier molecular flexibility index (Phi) is 8.72. The predicted octanol–water partition coefficient (Wildman–Crippen LogP) is 5.46. The minimum absolute atomic E-state index is 0.0951. The van der Waals surface area contributed by atoms with E-state index in [1.807, 2.05) is 0 Å². The summed E-state index contributed by atoms with van der Waals surface area (Å²) in [7, 11) is 0. The van der Waals surface area contributed by atoms with E-state index in [4.69, 9.17) is 14.7 Å². The Morgan fingerprint density at radius 1 is 0.789 bits per heavy atom. The van der Waals surface area contributed by atoms with Crippen molar-refractivity contribution in [2.75, 3.05) is 6.61 Å². The Hall–Kier alpha value is -0.480. The van der Waals surface area contributed by atoms with Gasteiger partial charge in [-0.25, -0.2) is 0 Å². The van der Waals surface area contributed by atoms with Crippen LogP contribution in [-0.4, -0.2) is 11.7 Å². The quantitative estimate of drug-likeness (QED) is 0.349. The molecule has 0 rings (SSSR count). The van der Waals surface area contributed by atoms with Crippen LogP contribution in [0.1, 0.15) is 106 Å². The standard InChI is InChI=1S/C18H34O/c1-2-3-4-5-6-7-8-9-10-11-12-13-14-15-16-17-18-19/h19H,2-8,11-18H2,1H3/i1D3,2D2,3D2. The highest BCUT2D eigenvalue weighted by molar-refractivity contribution is 4.98. The zero-order valence-corrected chi connectivity index (χ0v) is 12.1. The fraction of sp³-hybridized carbons (Fsp3) is 0.889. The van der Waals surface area contributed by atoms with Crippen molar-refractivity contribution in [3.8, 4) is 11.8 Å². The molecule has 0 atom stereocenters. The first kappa shape index (κ1) is 9.46. The largest absolute Gasteiger partial charge is 0.396 e. The lowest BCUT2D eigenvalue weighted by molar-refractivity contribution is 0.282. The van der Waals surface area contributed by atoms with E-state index < -0.39 is 19.6 Å². The highest BCUT2D eigenvalue weighted by Gasteiger charge is 1.90. The average molecular weight is 274 g/mol. The third-order valence-electron chi connectivity index (χ3n) is 3.03. The second kappa shape index (κ2) is 17.5. The molecule has 1 heteroatoms. The Balaban J connectivity index is 3.74. The van der Waals surface area contributed by atoms with Crippen molar-refractivity contribution in [1.82, 2.24) is 0 Å². The van der Waals surface area contributed by atoms with Gasteiger partial charge in [0.1, 0.15) is 0 Å². The van der Waals surface area contributed by atoms with Crippen LogP contribution in [0.5, 0.6) is 0 Å². The Morgan fingerprint density at radius 3 is 1.89 bits per heavy atom. The van der Waals surface area contributed by atoms with Gasteiger partial charge in [0.25, 0.3) is 0 Å². The zero-order chi connectivity index (χ0) is 20.1. The van der Waals surface area contributed by atoms with Gasteiger partial charge in [-0.2, -0.15) is 0 Å². The summed E-state index contributed by atoms with van der Waals surface area (Å²) in [4.78, 5) is 0. The van der Waals surface area contributed by atoms with Crippen LogP contribution >= 0.6 is 0 Å². The van der Waals surface area contributed by atoms with E-state index in [1.54, 1.807) is 0 Å². The molecule has 0 aliphatic carbocycles. The van der Waals surface area contributed by atoms with Gasteiger partial charge < -0.3 is 5.11 Å². The van der Waals surface area contributed by atoms with E-state index in [9.17, 15) is 0 Å². The molecule has 0 unspecified atom stereocenters. The highest BCUT2D eigenvalue weighted by atomic mass is 16.2. The van der Waals surface area contributed by atoms with E-state index >= 15 is 0 Å². The number of rotatable bonds is 13. The van der Waals surface area contributed by atoms with Gasteiger partial charge in [0, 0.05) is 29.0 Å². The molecule has 19 heavy (non-hydrogen) atoms. The van der Waals surface area contributed by atoms with Gasteiger partial charge in [0.05, 0.1) is 0 Å². The SMILES string of the molecule is [2H]C([2H])([2H])C([2H])([2H])C([2H])([2H])CCCCCC#CCCCCCCCCO. The summed E-state index contributed by atoms with van der Waals surface area (Å²) in [6.07, 6.45) is 4.94. The van der Waals surface area contributed by atoms with E-state index in [0.29, 0.717) is 6.42 Å². The maximum atomic E-state index is 8.67. The van der Waals surface area contributed by atoms with Crippen molar-refractivity contribution >= 4 is 0 Å². The molecule has 0 saturated carbocycles. The molecule has 0 saturated heterocycles. The van der Waals surface area contributed by atoms with Crippen LogP contribution in [0.4, 0.5) is 0 Å². The number of hydrogen-bond donors (Lipinski definition) is 1. The van der Waals surface area contributed by atoms with Gasteiger partial charge in [-0.05, 0) is 19.3 Å². The first-order chi connectivity index (χ1) is 12.1. The van der Waals surface area contributed by atoms with Crippen LogP contribution in [-0.2, 0) is 0 Å². The molecule has 0 fully saturated rings. The summed E-state index contributed by atoms with van der Waals surface area (Å²) in [5, 5.41) is 8.67. The van der Waals surface area contributed by atoms with Crippen LogP contribution in [0.3, 0.4) is 0 Å². The van der Waals surface area contributed by atoms with Crippen LogP contribution < -0.4 is 0 Å². The van der Waals surface area contributed by atoms with Crippen molar-refractivity contribution in [3.05, 3.63) is 0 Å². The lowest BCUT2D eigenvalue weighted by Crippen LogP contribution is -1.83. The molecule has 0 aliphatic rings. The molecule has 0 radical (unpaired) electrons. The number of unbranched alkanes of at least 4 members (excludes halogenated alkanes) is 9. The molecule has 1 N–H and O–H groups in total. The second-order valence-electron chi connectivity index (χ2n) is 4.81. The van der Waals surface area contributed by atoms with E-state index in [2.05, 4.69) is 11.8 Å². The normalized spacial score (nSPS) is 17.8. The lowest BCUT2D eigenvalue weighted by atomic mass is 10.1. The van der Waals surface area contributed by atoms with Crippen molar-refractivity contribution in [3.63, 3.8) is 0 Å². The summed E-state index contributed by atoms with van der Waals surface area (Å²) in [6, 6.07) is 0. The molecule has 0 heterocycles. The third kappa shape index (κ3) is 17.5. The highest BCUT2D eigenvalue weighted by Crippen LogP contribution is 2.07. The summed E-state index contributed by atoms with van der Waals surface area (Å²) >= 11 is 0. The molecule has 0 aromatic rings. The third-order valence-corrected chi connectivity index (χ3v) is 3.03. The van der Waals surface area contributed by atoms with Crippen molar-refractivity contribution in [2.45, 2.75) is 96.6 Å². The number of aliphatic hydroxyl groups excluding tert-OH is 1. The van der Waals surface area contributed by atoms with Gasteiger partial charge in [-0.15, -0.1) is 11.8 Å². The monoisotopic (exact) mass is 273 g/mol. The Morgan fingerprint density at radius 2 is 1.32 bits per heavy atom. The molecular formula is C18H34O. The maximum Gasteiger partial charge on any atom is 0.0431 e. The summed E-state index contributed by atoms with van der Waals surface area (Å²) < 4.78 is 52.1. The van der Waals surface area contributed by atoms with Crippen LogP contribution in [0.15, 0.2) is 0 Å². The minimum atomic E-state index is -2.96. The van der Waals surface area contributed by atoms with Crippen LogP contribution in [0, 0.1) is 11.8 Å². The van der Waals surface area contributed by atoms with Gasteiger partial charge in [-0.3, -0.25) is 0 Å².